The Labute approximate surface area is 173 Å². The van der Waals surface area contributed by atoms with E-state index in [0.29, 0.717) is 24.2 Å². The molecule has 0 bridgehead atoms. The maximum Gasteiger partial charge on any atom is 0.230 e. The highest BCUT2D eigenvalue weighted by atomic mass is 79.9. The van der Waals surface area contributed by atoms with Crippen LogP contribution in [0, 0.1) is 12.8 Å². The van der Waals surface area contributed by atoms with Gasteiger partial charge in [0.25, 0.3) is 0 Å². The van der Waals surface area contributed by atoms with Gasteiger partial charge in [-0.2, -0.15) is 0 Å². The van der Waals surface area contributed by atoms with E-state index in [9.17, 15) is 14.4 Å². The Kier molecular flexibility index (Phi) is 4.98. The lowest BCUT2D eigenvalue weighted by molar-refractivity contribution is -0.129. The molecule has 1 N–H and O–H groups in total. The number of hydrogen-bond donors (Lipinski definition) is 1. The van der Waals surface area contributed by atoms with E-state index in [1.54, 1.807) is 6.08 Å². The summed E-state index contributed by atoms with van der Waals surface area (Å²) in [6.07, 6.45) is 7.84. The predicted molar refractivity (Wildman–Crippen MR) is 109 cm³/mol. The number of amides is 2. The minimum Gasteiger partial charge on any atom is -0.355 e. The molecule has 1 aromatic heterocycles. The van der Waals surface area contributed by atoms with Crippen molar-refractivity contribution < 1.29 is 14.4 Å². The minimum atomic E-state index is -0.107. The molecule has 6 nitrogen and oxygen atoms in total. The average Bonchev–Trinajstić information content (AvgIpc) is 3.14. The molecule has 150 valence electrons. The van der Waals surface area contributed by atoms with E-state index in [1.807, 2.05) is 22.7 Å². The Balaban J connectivity index is 1.38. The van der Waals surface area contributed by atoms with Crippen LogP contribution in [-0.2, 0) is 22.1 Å². The van der Waals surface area contributed by atoms with Crippen LogP contribution in [0.4, 0.5) is 0 Å². The van der Waals surface area contributed by atoms with Gasteiger partial charge in [0.15, 0.2) is 0 Å². The van der Waals surface area contributed by atoms with Crippen LogP contribution in [0.25, 0.3) is 0 Å². The van der Waals surface area contributed by atoms with Crippen LogP contribution in [0.3, 0.4) is 0 Å². The van der Waals surface area contributed by atoms with Crippen LogP contribution in [0.1, 0.15) is 53.7 Å². The molecule has 2 fully saturated rings. The highest BCUT2D eigenvalue weighted by molar-refractivity contribution is 9.09. The molecule has 0 unspecified atom stereocenters. The summed E-state index contributed by atoms with van der Waals surface area (Å²) < 4.78 is 1.93. The van der Waals surface area contributed by atoms with Crippen molar-refractivity contribution in [3.63, 3.8) is 0 Å². The molecule has 1 spiro atoms. The largest absolute Gasteiger partial charge is 0.355 e. The number of aromatic nitrogens is 1. The number of piperidine rings is 1. The molecule has 2 aliphatic carbocycles. The molecule has 1 saturated heterocycles. The van der Waals surface area contributed by atoms with E-state index < -0.39 is 0 Å². The van der Waals surface area contributed by atoms with Crippen molar-refractivity contribution in [2.45, 2.75) is 44.4 Å². The smallest absolute Gasteiger partial charge is 0.230 e. The zero-order valence-electron chi connectivity index (χ0n) is 16.4. The van der Waals surface area contributed by atoms with Crippen molar-refractivity contribution in [1.82, 2.24) is 14.8 Å². The Morgan fingerprint density at radius 2 is 2.11 bits per heavy atom. The van der Waals surface area contributed by atoms with Crippen LogP contribution in [0.2, 0.25) is 0 Å². The van der Waals surface area contributed by atoms with Gasteiger partial charge in [0.1, 0.15) is 0 Å². The number of likely N-dealkylation sites (tertiary alicyclic amines) is 1. The SMILES string of the molecule is Cc1cn(C)c2c1[C@@]13C[C@@H]1CN(C(=O)CCCCCNC(=O)CBr)C3=CC2=O. The van der Waals surface area contributed by atoms with Crippen molar-refractivity contribution in [1.29, 1.82) is 0 Å². The van der Waals surface area contributed by atoms with Crippen molar-refractivity contribution in [2.24, 2.45) is 13.0 Å². The zero-order valence-corrected chi connectivity index (χ0v) is 18.0. The first-order valence-electron chi connectivity index (χ1n) is 9.96. The third kappa shape index (κ3) is 2.95. The Hall–Kier alpha value is -1.89. The molecular weight excluding hydrogens is 422 g/mol. The molecule has 2 amide bonds. The normalized spacial score (nSPS) is 24.4. The van der Waals surface area contributed by atoms with Crippen LogP contribution in [0.15, 0.2) is 18.0 Å². The number of nitrogens with one attached hydrogen (secondary N) is 1. The molecule has 7 heteroatoms. The monoisotopic (exact) mass is 447 g/mol. The molecule has 2 atom stereocenters. The second kappa shape index (κ2) is 7.17. The Morgan fingerprint density at radius 1 is 1.32 bits per heavy atom. The fraction of sp³-hybridized carbons (Fsp3) is 0.571. The van der Waals surface area contributed by atoms with E-state index in [1.165, 1.54) is 0 Å². The number of fused-ring (bicyclic) bond motifs is 1. The van der Waals surface area contributed by atoms with E-state index in [-0.39, 0.29) is 23.0 Å². The summed E-state index contributed by atoms with van der Waals surface area (Å²) in [7, 11) is 1.93. The van der Waals surface area contributed by atoms with Crippen molar-refractivity contribution >= 4 is 33.5 Å². The van der Waals surface area contributed by atoms with E-state index in [0.717, 1.165) is 54.7 Å². The van der Waals surface area contributed by atoms with E-state index in [2.05, 4.69) is 28.2 Å². The van der Waals surface area contributed by atoms with Crippen LogP contribution in [0.5, 0.6) is 0 Å². The lowest BCUT2D eigenvalue weighted by atomic mass is 9.83. The summed E-state index contributed by atoms with van der Waals surface area (Å²) in [5.74, 6) is 0.559. The average molecular weight is 448 g/mol. The summed E-state index contributed by atoms with van der Waals surface area (Å²) in [5, 5.41) is 3.13. The van der Waals surface area contributed by atoms with Gasteiger partial charge in [-0.25, -0.2) is 0 Å². The lowest BCUT2D eigenvalue weighted by Crippen LogP contribution is -2.34. The number of halogens is 1. The number of alkyl halides is 1. The Morgan fingerprint density at radius 3 is 2.86 bits per heavy atom. The van der Waals surface area contributed by atoms with Crippen molar-refractivity contribution in [3.8, 4) is 0 Å². The maximum atomic E-state index is 12.9. The number of hydrogen-bond acceptors (Lipinski definition) is 3. The first-order valence-corrected chi connectivity index (χ1v) is 11.1. The third-order valence-corrected chi connectivity index (χ3v) is 6.90. The fourth-order valence-corrected chi connectivity index (χ4v) is 5.32. The first kappa shape index (κ1) is 19.4. The fourth-order valence-electron chi connectivity index (χ4n) is 5.12. The summed E-state index contributed by atoms with van der Waals surface area (Å²) >= 11 is 3.12. The van der Waals surface area contributed by atoms with Gasteiger partial charge in [0.05, 0.1) is 11.0 Å². The molecular formula is C21H26BrN3O3. The highest BCUT2D eigenvalue weighted by Gasteiger charge is 2.68. The highest BCUT2D eigenvalue weighted by Crippen LogP contribution is 2.67. The van der Waals surface area contributed by atoms with Crippen LogP contribution in [-0.4, -0.2) is 45.5 Å². The van der Waals surface area contributed by atoms with Gasteiger partial charge >= 0.3 is 0 Å². The van der Waals surface area contributed by atoms with Gasteiger partial charge in [-0.1, -0.05) is 22.4 Å². The summed E-state index contributed by atoms with van der Waals surface area (Å²) in [6.45, 7) is 3.44. The number of carbonyl (C=O) groups is 3. The summed E-state index contributed by atoms with van der Waals surface area (Å²) in [4.78, 5) is 38.6. The molecule has 3 aliphatic rings. The van der Waals surface area contributed by atoms with Crippen molar-refractivity contribution in [2.75, 3.05) is 18.4 Å². The quantitative estimate of drug-likeness (QED) is 0.515. The molecule has 28 heavy (non-hydrogen) atoms. The number of rotatable bonds is 7. The number of unbranched alkanes of at least 4 members (excludes halogenated alkanes) is 2. The molecule has 2 heterocycles. The number of nitrogens with zero attached hydrogens (tertiary/aromatic N) is 2. The first-order chi connectivity index (χ1) is 13.4. The van der Waals surface area contributed by atoms with Gasteiger partial charge < -0.3 is 14.8 Å². The maximum absolute atomic E-state index is 12.9. The molecule has 4 rings (SSSR count). The minimum absolute atomic E-state index is 0.0119. The predicted octanol–water partition coefficient (Wildman–Crippen LogP) is 2.59. The van der Waals surface area contributed by atoms with E-state index in [4.69, 9.17) is 0 Å². The van der Waals surface area contributed by atoms with Gasteiger partial charge in [-0.15, -0.1) is 0 Å². The van der Waals surface area contributed by atoms with Gasteiger partial charge in [0.2, 0.25) is 17.6 Å². The molecule has 1 aromatic rings. The molecule has 0 aromatic carbocycles. The number of allylic oxidation sites excluding steroid dienone is 2. The number of ketones is 1. The second-order valence-corrected chi connectivity index (χ2v) is 8.77. The topological polar surface area (TPSA) is 71.4 Å². The third-order valence-electron chi connectivity index (χ3n) is 6.39. The molecule has 0 radical (unpaired) electrons. The van der Waals surface area contributed by atoms with E-state index >= 15 is 0 Å². The second-order valence-electron chi connectivity index (χ2n) is 8.21. The number of aryl methyl sites for hydroxylation is 2. The summed E-state index contributed by atoms with van der Waals surface area (Å²) in [5.41, 5.74) is 3.92. The van der Waals surface area contributed by atoms with Crippen molar-refractivity contribution in [3.05, 3.63) is 34.8 Å². The molecule has 1 saturated carbocycles. The van der Waals surface area contributed by atoms with Gasteiger partial charge in [-0.05, 0) is 43.2 Å². The van der Waals surface area contributed by atoms with Gasteiger partial charge in [-0.3, -0.25) is 14.4 Å². The number of carbonyl (C=O) groups excluding carboxylic acids is 3. The zero-order chi connectivity index (χ0) is 20.1. The Bertz CT molecular complexity index is 888. The lowest BCUT2D eigenvalue weighted by Gasteiger charge is -2.29. The van der Waals surface area contributed by atoms with Gasteiger partial charge in [0, 0.05) is 49.9 Å². The molecule has 1 aliphatic heterocycles. The van der Waals surface area contributed by atoms with Crippen LogP contribution >= 0.6 is 15.9 Å². The van der Waals surface area contributed by atoms with Crippen LogP contribution < -0.4 is 5.32 Å². The standard InChI is InChI=1S/C21H26BrN3O3/c1-13-11-24(2)20-15(26)8-16-21(19(13)20)9-14(21)12-25(16)18(28)6-4-3-5-7-23-17(27)10-22/h8,11,14H,3-7,9-10,12H2,1-2H3,(H,23,27)/t14-,21+/m1/s1. The summed E-state index contributed by atoms with van der Waals surface area (Å²) in [6, 6.07) is 0.